The summed E-state index contributed by atoms with van der Waals surface area (Å²) in [6, 6.07) is 9.37. The van der Waals surface area contributed by atoms with Crippen LogP contribution in [0.1, 0.15) is 5.56 Å². The molecule has 0 unspecified atom stereocenters. The summed E-state index contributed by atoms with van der Waals surface area (Å²) < 4.78 is 40.9. The van der Waals surface area contributed by atoms with E-state index in [-0.39, 0.29) is 26.1 Å². The van der Waals surface area contributed by atoms with Crippen LogP contribution in [0.5, 0.6) is 0 Å². The zero-order chi connectivity index (χ0) is 17.8. The summed E-state index contributed by atoms with van der Waals surface area (Å²) in [4.78, 5) is 32.0. The van der Waals surface area contributed by atoms with E-state index >= 15 is 0 Å². The zero-order valence-electron chi connectivity index (χ0n) is 12.3. The monoisotopic (exact) mass is 363 g/mol. The highest BCUT2D eigenvalue weighted by Crippen LogP contribution is 2.41. The SMILES string of the molecule is O=c1[nH]c(=O)c2sc3nc(-c4ccccc4)cc(C(F)(F)F)c3c2[nH]1. The van der Waals surface area contributed by atoms with Crippen molar-refractivity contribution < 1.29 is 13.2 Å². The summed E-state index contributed by atoms with van der Waals surface area (Å²) in [5.74, 6) is 0. The van der Waals surface area contributed by atoms with Crippen molar-refractivity contribution in [1.29, 1.82) is 0 Å². The molecule has 9 heteroatoms. The van der Waals surface area contributed by atoms with Gasteiger partial charge in [-0.1, -0.05) is 30.3 Å². The molecule has 0 aliphatic carbocycles. The molecular formula is C16H8F3N3O2S. The Kier molecular flexibility index (Phi) is 3.29. The second-order valence-corrected chi connectivity index (χ2v) is 6.31. The van der Waals surface area contributed by atoms with Gasteiger partial charge in [0.05, 0.1) is 16.8 Å². The maximum atomic E-state index is 13.6. The average Bonchev–Trinajstić information content (AvgIpc) is 2.93. The fraction of sp³-hybridized carbons (Fsp3) is 0.0625. The number of thiophene rings is 1. The van der Waals surface area contributed by atoms with E-state index in [0.717, 1.165) is 17.4 Å². The number of nitrogens with one attached hydrogen (secondary N) is 2. The molecule has 0 fully saturated rings. The first kappa shape index (κ1) is 15.6. The number of H-pyrrole nitrogens is 2. The Balaban J connectivity index is 2.19. The first-order valence-electron chi connectivity index (χ1n) is 7.07. The Morgan fingerprint density at radius 3 is 2.44 bits per heavy atom. The van der Waals surface area contributed by atoms with Gasteiger partial charge in [-0.3, -0.25) is 9.78 Å². The summed E-state index contributed by atoms with van der Waals surface area (Å²) in [6.45, 7) is 0. The summed E-state index contributed by atoms with van der Waals surface area (Å²) in [6.07, 6.45) is -4.67. The first-order valence-corrected chi connectivity index (χ1v) is 7.89. The number of aromatic nitrogens is 3. The molecule has 0 saturated heterocycles. The van der Waals surface area contributed by atoms with Crippen LogP contribution in [0.15, 0.2) is 46.0 Å². The topological polar surface area (TPSA) is 78.6 Å². The number of benzene rings is 1. The molecule has 0 aliphatic heterocycles. The van der Waals surface area contributed by atoms with Crippen molar-refractivity contribution in [2.45, 2.75) is 6.18 Å². The van der Waals surface area contributed by atoms with Crippen molar-refractivity contribution in [2.75, 3.05) is 0 Å². The minimum atomic E-state index is -4.67. The molecule has 0 radical (unpaired) electrons. The number of halogens is 3. The third kappa shape index (κ3) is 2.52. The predicted octanol–water partition coefficient (Wildman–Crippen LogP) is 3.51. The van der Waals surface area contributed by atoms with Crippen molar-refractivity contribution in [1.82, 2.24) is 15.0 Å². The molecule has 3 heterocycles. The molecule has 3 aromatic heterocycles. The molecule has 0 spiro atoms. The highest BCUT2D eigenvalue weighted by atomic mass is 32.1. The molecule has 0 amide bonds. The van der Waals surface area contributed by atoms with Crippen molar-refractivity contribution in [3.05, 3.63) is 62.8 Å². The predicted molar refractivity (Wildman–Crippen MR) is 88.8 cm³/mol. The van der Waals surface area contributed by atoms with Crippen LogP contribution in [0.2, 0.25) is 0 Å². The van der Waals surface area contributed by atoms with Gasteiger partial charge < -0.3 is 4.98 Å². The van der Waals surface area contributed by atoms with E-state index in [2.05, 4.69) is 9.97 Å². The van der Waals surface area contributed by atoms with Crippen LogP contribution in [0, 0.1) is 0 Å². The molecule has 0 saturated carbocycles. The number of pyridine rings is 1. The minimum Gasteiger partial charge on any atom is -0.305 e. The van der Waals surface area contributed by atoms with E-state index in [0.29, 0.717) is 5.56 Å². The summed E-state index contributed by atoms with van der Waals surface area (Å²) in [5, 5.41) is -0.268. The Morgan fingerprint density at radius 1 is 1.04 bits per heavy atom. The van der Waals surface area contributed by atoms with Gasteiger partial charge in [0.25, 0.3) is 5.56 Å². The Morgan fingerprint density at radius 2 is 1.76 bits per heavy atom. The molecule has 5 nitrogen and oxygen atoms in total. The minimum absolute atomic E-state index is 0.00203. The first-order chi connectivity index (χ1) is 11.8. The lowest BCUT2D eigenvalue weighted by atomic mass is 10.1. The number of aromatic amines is 2. The fourth-order valence-corrected chi connectivity index (χ4v) is 3.71. The van der Waals surface area contributed by atoms with E-state index in [4.69, 9.17) is 0 Å². The van der Waals surface area contributed by atoms with Crippen LogP contribution in [-0.2, 0) is 6.18 Å². The van der Waals surface area contributed by atoms with Crippen LogP contribution < -0.4 is 11.2 Å². The van der Waals surface area contributed by atoms with E-state index in [1.54, 1.807) is 30.3 Å². The second-order valence-electron chi connectivity index (χ2n) is 5.31. The van der Waals surface area contributed by atoms with E-state index < -0.39 is 23.0 Å². The van der Waals surface area contributed by atoms with Crippen LogP contribution in [0.4, 0.5) is 13.2 Å². The van der Waals surface area contributed by atoms with Crippen LogP contribution in [0.25, 0.3) is 31.7 Å². The summed E-state index contributed by atoms with van der Waals surface area (Å²) >= 11 is 0.811. The number of hydrogen-bond donors (Lipinski definition) is 2. The lowest BCUT2D eigenvalue weighted by Crippen LogP contribution is -2.20. The summed E-state index contributed by atoms with van der Waals surface area (Å²) in [7, 11) is 0. The van der Waals surface area contributed by atoms with E-state index in [1.807, 2.05) is 4.98 Å². The van der Waals surface area contributed by atoms with Gasteiger partial charge in [0.1, 0.15) is 9.53 Å². The van der Waals surface area contributed by atoms with Gasteiger partial charge in [-0.05, 0) is 6.07 Å². The largest absolute Gasteiger partial charge is 0.417 e. The van der Waals surface area contributed by atoms with Crippen molar-refractivity contribution in [3.63, 3.8) is 0 Å². The molecule has 0 bridgehead atoms. The molecule has 4 rings (SSSR count). The van der Waals surface area contributed by atoms with Crippen LogP contribution in [-0.4, -0.2) is 15.0 Å². The molecule has 126 valence electrons. The fourth-order valence-electron chi connectivity index (χ4n) is 2.66. The number of nitrogens with zero attached hydrogens (tertiary/aromatic N) is 1. The van der Waals surface area contributed by atoms with Gasteiger partial charge in [0.15, 0.2) is 0 Å². The van der Waals surface area contributed by atoms with E-state index in [9.17, 15) is 22.8 Å². The number of rotatable bonds is 1. The second kappa shape index (κ2) is 5.28. The summed E-state index contributed by atoms with van der Waals surface area (Å²) in [5.41, 5.74) is -2.02. The quantitative estimate of drug-likeness (QED) is 0.543. The van der Waals surface area contributed by atoms with Gasteiger partial charge in [-0.25, -0.2) is 9.78 Å². The van der Waals surface area contributed by atoms with Crippen molar-refractivity contribution in [2.24, 2.45) is 0 Å². The molecule has 25 heavy (non-hydrogen) atoms. The zero-order valence-corrected chi connectivity index (χ0v) is 13.1. The molecule has 0 atom stereocenters. The standard InChI is InChI=1S/C16H8F3N3O2S/c17-16(18,19)8-6-9(7-4-2-1-3-5-7)20-14-10(8)11-12(25-14)13(23)22-15(24)21-11/h1-6H,(H2,21,22,23,24). The van der Waals surface area contributed by atoms with Crippen molar-refractivity contribution >= 4 is 31.8 Å². The average molecular weight is 363 g/mol. The highest BCUT2D eigenvalue weighted by molar-refractivity contribution is 7.25. The Bertz CT molecular complexity index is 1220. The normalized spacial score (nSPS) is 12.1. The molecule has 1 aromatic carbocycles. The molecule has 2 N–H and O–H groups in total. The number of fused-ring (bicyclic) bond motifs is 3. The third-order valence-electron chi connectivity index (χ3n) is 3.71. The van der Waals surface area contributed by atoms with Gasteiger partial charge in [0, 0.05) is 10.9 Å². The molecule has 4 aromatic rings. The maximum absolute atomic E-state index is 13.6. The third-order valence-corrected chi connectivity index (χ3v) is 4.79. The van der Waals surface area contributed by atoms with Crippen LogP contribution >= 0.6 is 11.3 Å². The van der Waals surface area contributed by atoms with Gasteiger partial charge in [-0.15, -0.1) is 11.3 Å². The smallest absolute Gasteiger partial charge is 0.305 e. The van der Waals surface area contributed by atoms with Gasteiger partial charge >= 0.3 is 11.9 Å². The Hall–Kier alpha value is -2.94. The van der Waals surface area contributed by atoms with Crippen LogP contribution in [0.3, 0.4) is 0 Å². The highest BCUT2D eigenvalue weighted by Gasteiger charge is 2.35. The molecular weight excluding hydrogens is 355 g/mol. The van der Waals surface area contributed by atoms with Crippen molar-refractivity contribution in [3.8, 4) is 11.3 Å². The number of hydrogen-bond acceptors (Lipinski definition) is 4. The molecule has 0 aliphatic rings. The van der Waals surface area contributed by atoms with Gasteiger partial charge in [0.2, 0.25) is 0 Å². The number of alkyl halides is 3. The van der Waals surface area contributed by atoms with Gasteiger partial charge in [-0.2, -0.15) is 13.2 Å². The van der Waals surface area contributed by atoms with E-state index in [1.165, 1.54) is 0 Å². The lowest BCUT2D eigenvalue weighted by molar-refractivity contribution is -0.136. The Labute approximate surface area is 140 Å². The lowest BCUT2D eigenvalue weighted by Gasteiger charge is -2.10. The maximum Gasteiger partial charge on any atom is 0.417 e.